The lowest BCUT2D eigenvalue weighted by Crippen LogP contribution is -2.23. The molecule has 2 aromatic rings. The normalized spacial score (nSPS) is 11.5. The molecule has 7 nitrogen and oxygen atoms in total. The Kier molecular flexibility index (Phi) is 4.39. The van der Waals surface area contributed by atoms with E-state index in [9.17, 15) is 13.2 Å². The van der Waals surface area contributed by atoms with Gasteiger partial charge in [0, 0.05) is 6.07 Å². The zero-order valence-electron chi connectivity index (χ0n) is 11.2. The summed E-state index contributed by atoms with van der Waals surface area (Å²) in [6.07, 6.45) is 1.91. The van der Waals surface area contributed by atoms with Crippen LogP contribution in [0.25, 0.3) is 0 Å². The molecule has 0 radical (unpaired) electrons. The Labute approximate surface area is 121 Å². The maximum Gasteiger partial charge on any atom is 0.336 e. The number of aromatic carboxylic acids is 1. The zero-order valence-corrected chi connectivity index (χ0v) is 12.1. The smallest absolute Gasteiger partial charge is 0.336 e. The molecule has 1 aromatic carbocycles. The summed E-state index contributed by atoms with van der Waals surface area (Å²) in [5.74, 6) is -0.790. The number of sulfonamides is 1. The van der Waals surface area contributed by atoms with E-state index < -0.39 is 16.0 Å². The molecular formula is C13H14N2O5S. The molecule has 0 aliphatic carbocycles. The van der Waals surface area contributed by atoms with E-state index in [0.29, 0.717) is 17.7 Å². The molecule has 0 spiro atoms. The molecule has 0 bridgehead atoms. The van der Waals surface area contributed by atoms with Gasteiger partial charge in [0.25, 0.3) is 0 Å². The van der Waals surface area contributed by atoms with Crippen molar-refractivity contribution >= 4 is 16.0 Å². The number of hydrogen-bond acceptors (Lipinski definition) is 5. The Morgan fingerprint density at radius 2 is 2.14 bits per heavy atom. The molecule has 0 saturated heterocycles. The molecule has 0 fully saturated rings. The number of aromatic nitrogens is 1. The van der Waals surface area contributed by atoms with Crippen molar-refractivity contribution in [3.8, 4) is 0 Å². The molecular weight excluding hydrogens is 296 g/mol. The number of carboxylic acids is 1. The Balaban J connectivity index is 2.27. The third-order valence-corrected chi connectivity index (χ3v) is 4.33. The van der Waals surface area contributed by atoms with Gasteiger partial charge in [-0.05, 0) is 24.1 Å². The second kappa shape index (κ2) is 6.06. The Morgan fingerprint density at radius 1 is 1.38 bits per heavy atom. The Morgan fingerprint density at radius 3 is 2.71 bits per heavy atom. The maximum atomic E-state index is 12.1. The number of hydrogen-bond donors (Lipinski definition) is 2. The average molecular weight is 310 g/mol. The molecule has 0 amide bonds. The van der Waals surface area contributed by atoms with E-state index in [-0.39, 0.29) is 17.0 Å². The lowest BCUT2D eigenvalue weighted by atomic mass is 10.1. The van der Waals surface area contributed by atoms with Crippen LogP contribution in [0.2, 0.25) is 0 Å². The van der Waals surface area contributed by atoms with Gasteiger partial charge in [0.05, 0.1) is 23.2 Å². The van der Waals surface area contributed by atoms with Crippen molar-refractivity contribution in [2.24, 2.45) is 0 Å². The van der Waals surface area contributed by atoms with Crippen molar-refractivity contribution in [2.45, 2.75) is 24.8 Å². The van der Waals surface area contributed by atoms with Crippen LogP contribution in [-0.4, -0.2) is 24.7 Å². The van der Waals surface area contributed by atoms with Crippen LogP contribution in [0.4, 0.5) is 0 Å². The van der Waals surface area contributed by atoms with Gasteiger partial charge >= 0.3 is 5.97 Å². The van der Waals surface area contributed by atoms with Crippen LogP contribution in [0.15, 0.2) is 39.9 Å². The van der Waals surface area contributed by atoms with Gasteiger partial charge < -0.3 is 9.63 Å². The lowest BCUT2D eigenvalue weighted by molar-refractivity contribution is 0.0695. The van der Waals surface area contributed by atoms with E-state index in [0.717, 1.165) is 6.07 Å². The number of benzene rings is 1. The topological polar surface area (TPSA) is 110 Å². The van der Waals surface area contributed by atoms with Gasteiger partial charge in [-0.3, -0.25) is 0 Å². The average Bonchev–Trinajstić information content (AvgIpc) is 2.97. The first-order valence-electron chi connectivity index (χ1n) is 6.19. The highest BCUT2D eigenvalue weighted by atomic mass is 32.2. The van der Waals surface area contributed by atoms with E-state index in [1.165, 1.54) is 24.4 Å². The standard InChI is InChI=1S/C13H14N2O5S/c1-2-9-3-4-11(7-12(9)13(16)17)21(18,19)15-8-10-5-6-14-20-10/h3-7,15H,2,8H2,1H3,(H,16,17). The van der Waals surface area contributed by atoms with Crippen LogP contribution in [0.3, 0.4) is 0 Å². The van der Waals surface area contributed by atoms with Gasteiger partial charge in [-0.2, -0.15) is 0 Å². The maximum absolute atomic E-state index is 12.1. The number of carbonyl (C=O) groups is 1. The molecule has 0 unspecified atom stereocenters. The van der Waals surface area contributed by atoms with Gasteiger partial charge in [0.2, 0.25) is 10.0 Å². The summed E-state index contributed by atoms with van der Waals surface area (Å²) in [6.45, 7) is 1.75. The summed E-state index contributed by atoms with van der Waals surface area (Å²) in [4.78, 5) is 11.1. The van der Waals surface area contributed by atoms with E-state index >= 15 is 0 Å². The summed E-state index contributed by atoms with van der Waals surface area (Å²) in [5.41, 5.74) is 0.566. The molecule has 2 N–H and O–H groups in total. The molecule has 8 heteroatoms. The summed E-state index contributed by atoms with van der Waals surface area (Å²) in [6, 6.07) is 5.58. The highest BCUT2D eigenvalue weighted by Gasteiger charge is 2.18. The van der Waals surface area contributed by atoms with Crippen molar-refractivity contribution < 1.29 is 22.8 Å². The van der Waals surface area contributed by atoms with Gasteiger partial charge in [-0.25, -0.2) is 17.9 Å². The van der Waals surface area contributed by atoms with Crippen LogP contribution in [0, 0.1) is 0 Å². The van der Waals surface area contributed by atoms with E-state index in [1.54, 1.807) is 6.92 Å². The molecule has 0 saturated carbocycles. The van der Waals surface area contributed by atoms with Crippen molar-refractivity contribution in [1.29, 1.82) is 0 Å². The van der Waals surface area contributed by atoms with Gasteiger partial charge in [0.15, 0.2) is 5.76 Å². The Bertz CT molecular complexity index is 738. The second-order valence-corrected chi connectivity index (χ2v) is 6.05. The minimum Gasteiger partial charge on any atom is -0.478 e. The fraction of sp³-hybridized carbons (Fsp3) is 0.231. The highest BCUT2D eigenvalue weighted by Crippen LogP contribution is 2.17. The number of nitrogens with zero attached hydrogens (tertiary/aromatic N) is 1. The predicted molar refractivity (Wildman–Crippen MR) is 73.3 cm³/mol. The summed E-state index contributed by atoms with van der Waals surface area (Å²) >= 11 is 0. The van der Waals surface area contributed by atoms with Crippen LogP contribution in [0.1, 0.15) is 28.6 Å². The number of aryl methyl sites for hydroxylation is 1. The highest BCUT2D eigenvalue weighted by molar-refractivity contribution is 7.89. The van der Waals surface area contributed by atoms with Gasteiger partial charge in [-0.15, -0.1) is 0 Å². The third kappa shape index (κ3) is 3.47. The van der Waals surface area contributed by atoms with Gasteiger partial charge in [-0.1, -0.05) is 18.1 Å². The minimum atomic E-state index is -3.82. The van der Waals surface area contributed by atoms with E-state index in [1.807, 2.05) is 0 Å². The zero-order chi connectivity index (χ0) is 15.5. The molecule has 0 aliphatic rings. The summed E-state index contributed by atoms with van der Waals surface area (Å²) < 4.78 is 31.4. The molecule has 0 aliphatic heterocycles. The largest absolute Gasteiger partial charge is 0.478 e. The predicted octanol–water partition coefficient (Wildman–Crippen LogP) is 1.41. The minimum absolute atomic E-state index is 0.0139. The van der Waals surface area contributed by atoms with E-state index in [4.69, 9.17) is 9.63 Å². The summed E-state index contributed by atoms with van der Waals surface area (Å²) in [7, 11) is -3.82. The summed E-state index contributed by atoms with van der Waals surface area (Å²) in [5, 5.41) is 12.6. The van der Waals surface area contributed by atoms with Crippen molar-refractivity contribution in [3.63, 3.8) is 0 Å². The fourth-order valence-electron chi connectivity index (χ4n) is 1.81. The second-order valence-electron chi connectivity index (χ2n) is 4.28. The molecule has 112 valence electrons. The monoisotopic (exact) mass is 310 g/mol. The Hall–Kier alpha value is -2.19. The molecule has 2 rings (SSSR count). The molecule has 21 heavy (non-hydrogen) atoms. The number of nitrogens with one attached hydrogen (secondary N) is 1. The van der Waals surface area contributed by atoms with Crippen molar-refractivity contribution in [1.82, 2.24) is 9.88 Å². The number of carboxylic acid groups (broad SMARTS) is 1. The van der Waals surface area contributed by atoms with Crippen molar-refractivity contribution in [2.75, 3.05) is 0 Å². The quantitative estimate of drug-likeness (QED) is 0.835. The van der Waals surface area contributed by atoms with Crippen LogP contribution >= 0.6 is 0 Å². The molecule has 1 heterocycles. The van der Waals surface area contributed by atoms with E-state index in [2.05, 4.69) is 9.88 Å². The fourth-order valence-corrected chi connectivity index (χ4v) is 2.83. The molecule has 0 atom stereocenters. The SMILES string of the molecule is CCc1ccc(S(=O)(=O)NCc2ccno2)cc1C(=O)O. The van der Waals surface area contributed by atoms with Gasteiger partial charge in [0.1, 0.15) is 0 Å². The third-order valence-electron chi connectivity index (χ3n) is 2.93. The van der Waals surface area contributed by atoms with Crippen LogP contribution < -0.4 is 4.72 Å². The first kappa shape index (κ1) is 15.2. The first-order valence-corrected chi connectivity index (χ1v) is 7.68. The first-order chi connectivity index (χ1) is 9.94. The van der Waals surface area contributed by atoms with Crippen LogP contribution in [0.5, 0.6) is 0 Å². The number of rotatable bonds is 6. The molecule has 1 aromatic heterocycles. The lowest BCUT2D eigenvalue weighted by Gasteiger charge is -2.08. The van der Waals surface area contributed by atoms with Crippen molar-refractivity contribution in [3.05, 3.63) is 47.3 Å². The van der Waals surface area contributed by atoms with Crippen LogP contribution in [-0.2, 0) is 23.0 Å².